The van der Waals surface area contributed by atoms with Crippen LogP contribution in [0.2, 0.25) is 0 Å². The van der Waals surface area contributed by atoms with E-state index in [9.17, 15) is 22.0 Å². The summed E-state index contributed by atoms with van der Waals surface area (Å²) < 4.78 is 54.1. The molecule has 1 unspecified atom stereocenters. The van der Waals surface area contributed by atoms with Gasteiger partial charge in [-0.1, -0.05) is 17.7 Å². The molecule has 0 saturated carbocycles. The first-order valence-electron chi connectivity index (χ1n) is 5.96. The standard InChI is InChI=1S/C7H8O3S.C5H8F2N2O/c1-6-2-4-7(5-3-6)11(8,9)10;6-5(7)1-3(4(8)10)9-2-5/h2-5H,1H3,(H,8,9,10);3,9H,1-2H2,(H2,8,10). The predicted molar refractivity (Wildman–Crippen MR) is 71.5 cm³/mol. The van der Waals surface area contributed by atoms with E-state index in [0.29, 0.717) is 0 Å². The van der Waals surface area contributed by atoms with Crippen molar-refractivity contribution in [3.8, 4) is 0 Å². The van der Waals surface area contributed by atoms with Crippen LogP contribution < -0.4 is 11.1 Å². The molecule has 0 aromatic heterocycles. The molecule has 118 valence electrons. The molecule has 4 N–H and O–H groups in total. The van der Waals surface area contributed by atoms with Crippen LogP contribution in [0.15, 0.2) is 29.2 Å². The van der Waals surface area contributed by atoms with Crippen molar-refractivity contribution in [3.05, 3.63) is 29.8 Å². The van der Waals surface area contributed by atoms with Crippen LogP contribution in [0.1, 0.15) is 12.0 Å². The third kappa shape index (κ3) is 5.74. The highest BCUT2D eigenvalue weighted by atomic mass is 32.2. The Morgan fingerprint density at radius 2 is 1.90 bits per heavy atom. The first-order chi connectivity index (χ1) is 9.51. The Kier molecular flexibility index (Phi) is 5.37. The van der Waals surface area contributed by atoms with E-state index in [1.54, 1.807) is 12.1 Å². The number of hydrogen-bond donors (Lipinski definition) is 3. The van der Waals surface area contributed by atoms with Gasteiger partial charge in [-0.05, 0) is 19.1 Å². The number of carbonyl (C=O) groups is 1. The second-order valence-corrected chi connectivity index (χ2v) is 6.11. The first-order valence-corrected chi connectivity index (χ1v) is 7.40. The highest BCUT2D eigenvalue weighted by Crippen LogP contribution is 2.24. The van der Waals surface area contributed by atoms with Gasteiger partial charge in [-0.25, -0.2) is 8.78 Å². The Balaban J connectivity index is 0.000000211. The summed E-state index contributed by atoms with van der Waals surface area (Å²) in [5, 5.41) is 2.32. The maximum absolute atomic E-state index is 12.3. The largest absolute Gasteiger partial charge is 0.368 e. The molecule has 1 fully saturated rings. The predicted octanol–water partition coefficient (Wildman–Crippen LogP) is 0.711. The molecule has 0 aliphatic carbocycles. The second kappa shape index (κ2) is 6.46. The quantitative estimate of drug-likeness (QED) is 0.695. The van der Waals surface area contributed by atoms with Crippen molar-refractivity contribution in [2.45, 2.75) is 30.2 Å². The number of carbonyl (C=O) groups excluding carboxylic acids is 1. The van der Waals surface area contributed by atoms with Gasteiger partial charge in [0, 0.05) is 6.42 Å². The number of amides is 1. The Bertz CT molecular complexity index is 602. The molecule has 1 aliphatic heterocycles. The average molecular weight is 322 g/mol. The SMILES string of the molecule is Cc1ccc(S(=O)(=O)O)cc1.NC(=O)C1CC(F)(F)CN1. The van der Waals surface area contributed by atoms with E-state index in [0.717, 1.165) is 5.56 Å². The zero-order chi connectivity index (χ0) is 16.3. The number of hydrogen-bond acceptors (Lipinski definition) is 4. The molecule has 1 amide bonds. The van der Waals surface area contributed by atoms with Gasteiger partial charge in [-0.2, -0.15) is 8.42 Å². The normalized spacial score (nSPS) is 20.5. The minimum absolute atomic E-state index is 0.0666. The molecule has 21 heavy (non-hydrogen) atoms. The van der Waals surface area contributed by atoms with Crippen LogP contribution in [0.5, 0.6) is 0 Å². The summed E-state index contributed by atoms with van der Waals surface area (Å²) in [6, 6.07) is 5.14. The van der Waals surface area contributed by atoms with E-state index >= 15 is 0 Å². The van der Waals surface area contributed by atoms with E-state index < -0.39 is 41.0 Å². The maximum atomic E-state index is 12.3. The van der Waals surface area contributed by atoms with Crippen LogP contribution in [0, 0.1) is 6.92 Å². The molecular formula is C12H16F2N2O4S. The number of rotatable bonds is 2. The zero-order valence-corrected chi connectivity index (χ0v) is 12.0. The van der Waals surface area contributed by atoms with Crippen LogP contribution in [0.4, 0.5) is 8.78 Å². The maximum Gasteiger partial charge on any atom is 0.294 e. The Morgan fingerprint density at radius 3 is 2.19 bits per heavy atom. The number of halogens is 2. The van der Waals surface area contributed by atoms with Crippen molar-refractivity contribution < 1.29 is 26.5 Å². The van der Waals surface area contributed by atoms with E-state index in [2.05, 4.69) is 5.32 Å². The number of nitrogens with two attached hydrogens (primary N) is 1. The zero-order valence-electron chi connectivity index (χ0n) is 11.2. The minimum atomic E-state index is -4.02. The molecule has 2 rings (SSSR count). The van der Waals surface area contributed by atoms with Gasteiger partial charge in [0.25, 0.3) is 16.0 Å². The summed E-state index contributed by atoms with van der Waals surface area (Å²) in [6.45, 7) is 1.40. The number of primary amides is 1. The molecule has 1 aromatic carbocycles. The molecule has 0 radical (unpaired) electrons. The second-order valence-electron chi connectivity index (χ2n) is 4.68. The van der Waals surface area contributed by atoms with Crippen LogP contribution in [-0.2, 0) is 14.9 Å². The summed E-state index contributed by atoms with van der Waals surface area (Å²) in [4.78, 5) is 10.2. The summed E-state index contributed by atoms with van der Waals surface area (Å²) in [5.41, 5.74) is 5.74. The summed E-state index contributed by atoms with van der Waals surface area (Å²) in [7, 11) is -4.02. The van der Waals surface area contributed by atoms with Crippen molar-refractivity contribution >= 4 is 16.0 Å². The fraction of sp³-hybridized carbons (Fsp3) is 0.417. The molecular weight excluding hydrogens is 306 g/mol. The highest BCUT2D eigenvalue weighted by molar-refractivity contribution is 7.85. The monoisotopic (exact) mass is 322 g/mol. The van der Waals surface area contributed by atoms with E-state index in [-0.39, 0.29) is 4.90 Å². The number of nitrogens with one attached hydrogen (secondary N) is 1. The Hall–Kier alpha value is -1.58. The topological polar surface area (TPSA) is 109 Å². The summed E-state index contributed by atoms with van der Waals surface area (Å²) in [5.74, 6) is -3.48. The number of benzene rings is 1. The number of alkyl halides is 2. The van der Waals surface area contributed by atoms with Crippen LogP contribution in [0.25, 0.3) is 0 Å². The molecule has 1 saturated heterocycles. The van der Waals surface area contributed by atoms with E-state index in [4.69, 9.17) is 10.3 Å². The molecule has 9 heteroatoms. The van der Waals surface area contributed by atoms with Crippen molar-refractivity contribution in [1.82, 2.24) is 5.32 Å². The summed E-state index contributed by atoms with van der Waals surface area (Å²) >= 11 is 0. The molecule has 0 spiro atoms. The molecule has 1 heterocycles. The molecule has 1 aromatic rings. The Labute approximate surface area is 121 Å². The van der Waals surface area contributed by atoms with Gasteiger partial charge in [-0.3, -0.25) is 14.7 Å². The minimum Gasteiger partial charge on any atom is -0.368 e. The molecule has 0 bridgehead atoms. The van der Waals surface area contributed by atoms with Gasteiger partial charge in [0.05, 0.1) is 17.5 Å². The third-order valence-electron chi connectivity index (χ3n) is 2.77. The highest BCUT2D eigenvalue weighted by Gasteiger charge is 2.41. The fourth-order valence-corrected chi connectivity index (χ4v) is 2.11. The van der Waals surface area contributed by atoms with Gasteiger partial charge in [0.15, 0.2) is 0 Å². The molecule has 6 nitrogen and oxygen atoms in total. The van der Waals surface area contributed by atoms with Crippen molar-refractivity contribution in [3.63, 3.8) is 0 Å². The van der Waals surface area contributed by atoms with Gasteiger partial charge >= 0.3 is 0 Å². The van der Waals surface area contributed by atoms with E-state index in [1.165, 1.54) is 12.1 Å². The first kappa shape index (κ1) is 17.5. The van der Waals surface area contributed by atoms with Gasteiger partial charge in [0.1, 0.15) is 0 Å². The van der Waals surface area contributed by atoms with Crippen molar-refractivity contribution in [2.75, 3.05) is 6.54 Å². The van der Waals surface area contributed by atoms with Gasteiger partial charge < -0.3 is 5.73 Å². The lowest BCUT2D eigenvalue weighted by molar-refractivity contribution is -0.120. The lowest BCUT2D eigenvalue weighted by Crippen LogP contribution is -2.36. The average Bonchev–Trinajstić information content (AvgIpc) is 2.70. The van der Waals surface area contributed by atoms with Crippen molar-refractivity contribution in [1.29, 1.82) is 0 Å². The third-order valence-corrected chi connectivity index (χ3v) is 3.64. The van der Waals surface area contributed by atoms with Gasteiger partial charge in [0.2, 0.25) is 5.91 Å². The van der Waals surface area contributed by atoms with E-state index in [1.807, 2.05) is 6.92 Å². The Morgan fingerprint density at radius 1 is 1.38 bits per heavy atom. The molecule has 1 atom stereocenters. The smallest absolute Gasteiger partial charge is 0.294 e. The fourth-order valence-electron chi connectivity index (χ4n) is 1.63. The summed E-state index contributed by atoms with van der Waals surface area (Å²) in [6.07, 6.45) is -0.470. The van der Waals surface area contributed by atoms with Crippen LogP contribution >= 0.6 is 0 Å². The van der Waals surface area contributed by atoms with Crippen molar-refractivity contribution in [2.24, 2.45) is 5.73 Å². The lowest BCUT2D eigenvalue weighted by Gasteiger charge is -2.04. The molecule has 1 aliphatic rings. The van der Waals surface area contributed by atoms with Gasteiger partial charge in [-0.15, -0.1) is 0 Å². The van der Waals surface area contributed by atoms with Crippen LogP contribution in [0.3, 0.4) is 0 Å². The number of aryl methyl sites for hydroxylation is 1. The lowest BCUT2D eigenvalue weighted by atomic mass is 10.2. The van der Waals surface area contributed by atoms with Crippen LogP contribution in [-0.4, -0.2) is 37.4 Å².